The number of carboxylic acids is 1. The molecule has 1 atom stereocenters. The summed E-state index contributed by atoms with van der Waals surface area (Å²) < 4.78 is 10.6. The second-order valence-electron chi connectivity index (χ2n) is 3.56. The van der Waals surface area contributed by atoms with Gasteiger partial charge in [-0.2, -0.15) is 0 Å². The first-order valence-corrected chi connectivity index (χ1v) is 5.35. The lowest BCUT2D eigenvalue weighted by Crippen LogP contribution is -2.13. The van der Waals surface area contributed by atoms with Crippen LogP contribution in [0.25, 0.3) is 0 Å². The Hall–Kier alpha value is -1.75. The summed E-state index contributed by atoms with van der Waals surface area (Å²) in [6.07, 6.45) is -0.594. The summed E-state index contributed by atoms with van der Waals surface area (Å²) in [4.78, 5) is 10.8. The number of hydrogen-bond donors (Lipinski definition) is 2. The maximum absolute atomic E-state index is 10.8. The first kappa shape index (κ1) is 13.3. The van der Waals surface area contributed by atoms with E-state index in [2.05, 4.69) is 0 Å². The quantitative estimate of drug-likeness (QED) is 0.788. The number of aromatic carboxylic acids is 1. The van der Waals surface area contributed by atoms with Crippen LogP contribution in [0.5, 0.6) is 11.5 Å². The number of aliphatic hydroxyl groups is 1. The van der Waals surface area contributed by atoms with E-state index < -0.39 is 12.1 Å². The van der Waals surface area contributed by atoms with E-state index in [-0.39, 0.29) is 12.2 Å². The molecule has 1 aromatic rings. The highest BCUT2D eigenvalue weighted by molar-refractivity contribution is 5.88. The van der Waals surface area contributed by atoms with E-state index in [1.54, 1.807) is 13.8 Å². The maximum atomic E-state index is 10.8. The number of benzene rings is 1. The first-order chi connectivity index (χ1) is 8.04. The third kappa shape index (κ3) is 3.96. The number of aliphatic hydroxyl groups excluding tert-OH is 1. The van der Waals surface area contributed by atoms with Crippen LogP contribution >= 0.6 is 0 Å². The summed E-state index contributed by atoms with van der Waals surface area (Å²) in [5.41, 5.74) is 0.137. The number of carboxylic acid groups (broad SMARTS) is 1. The van der Waals surface area contributed by atoms with Crippen LogP contribution in [0.1, 0.15) is 24.2 Å². The molecule has 0 saturated heterocycles. The van der Waals surface area contributed by atoms with E-state index >= 15 is 0 Å². The Bertz CT molecular complexity index is 386. The Morgan fingerprint density at radius 1 is 1.35 bits per heavy atom. The average Bonchev–Trinajstić information content (AvgIpc) is 2.27. The van der Waals surface area contributed by atoms with Gasteiger partial charge in [-0.15, -0.1) is 0 Å². The molecule has 0 aliphatic rings. The van der Waals surface area contributed by atoms with Gasteiger partial charge in [0.2, 0.25) is 0 Å². The molecule has 2 N–H and O–H groups in total. The zero-order chi connectivity index (χ0) is 12.8. The van der Waals surface area contributed by atoms with E-state index in [0.717, 1.165) is 0 Å². The van der Waals surface area contributed by atoms with Crippen molar-refractivity contribution in [1.29, 1.82) is 0 Å². The SMILES string of the molecule is CCOc1cc(C(=O)O)ccc1OCC(C)O. The van der Waals surface area contributed by atoms with Gasteiger partial charge in [0, 0.05) is 0 Å². The van der Waals surface area contributed by atoms with Gasteiger partial charge in [0.15, 0.2) is 11.5 Å². The highest BCUT2D eigenvalue weighted by Crippen LogP contribution is 2.28. The maximum Gasteiger partial charge on any atom is 0.335 e. The van der Waals surface area contributed by atoms with Crippen molar-refractivity contribution in [2.75, 3.05) is 13.2 Å². The van der Waals surface area contributed by atoms with Gasteiger partial charge < -0.3 is 19.7 Å². The average molecular weight is 240 g/mol. The largest absolute Gasteiger partial charge is 0.490 e. The molecule has 0 aliphatic heterocycles. The first-order valence-electron chi connectivity index (χ1n) is 5.35. The molecule has 0 heterocycles. The normalized spacial score (nSPS) is 11.9. The fourth-order valence-electron chi connectivity index (χ4n) is 1.24. The predicted octanol–water partition coefficient (Wildman–Crippen LogP) is 1.54. The van der Waals surface area contributed by atoms with Crippen molar-refractivity contribution in [3.8, 4) is 11.5 Å². The van der Waals surface area contributed by atoms with Gasteiger partial charge in [0.1, 0.15) is 6.61 Å². The highest BCUT2D eigenvalue weighted by Gasteiger charge is 2.11. The van der Waals surface area contributed by atoms with Gasteiger partial charge in [-0.3, -0.25) is 0 Å². The number of carbonyl (C=O) groups is 1. The monoisotopic (exact) mass is 240 g/mol. The molecule has 5 nitrogen and oxygen atoms in total. The lowest BCUT2D eigenvalue weighted by Gasteiger charge is -2.13. The van der Waals surface area contributed by atoms with Crippen molar-refractivity contribution in [2.24, 2.45) is 0 Å². The minimum absolute atomic E-state index is 0.131. The summed E-state index contributed by atoms with van der Waals surface area (Å²) >= 11 is 0. The third-order valence-electron chi connectivity index (χ3n) is 1.97. The number of rotatable bonds is 6. The molecule has 17 heavy (non-hydrogen) atoms. The summed E-state index contributed by atoms with van der Waals surface area (Å²) in [5.74, 6) is -0.223. The number of hydrogen-bond acceptors (Lipinski definition) is 4. The molecule has 5 heteroatoms. The smallest absolute Gasteiger partial charge is 0.335 e. The van der Waals surface area contributed by atoms with Crippen molar-refractivity contribution < 1.29 is 24.5 Å². The Balaban J connectivity index is 2.91. The molecule has 0 spiro atoms. The van der Waals surface area contributed by atoms with Crippen LogP contribution in [0.4, 0.5) is 0 Å². The van der Waals surface area contributed by atoms with Crippen molar-refractivity contribution in [2.45, 2.75) is 20.0 Å². The minimum Gasteiger partial charge on any atom is -0.490 e. The standard InChI is InChI=1S/C12H16O5/c1-3-16-11-6-9(12(14)15)4-5-10(11)17-7-8(2)13/h4-6,8,13H,3,7H2,1-2H3,(H,14,15). The van der Waals surface area contributed by atoms with Crippen LogP contribution in [0.2, 0.25) is 0 Å². The van der Waals surface area contributed by atoms with Crippen LogP contribution in [0, 0.1) is 0 Å². The van der Waals surface area contributed by atoms with Gasteiger partial charge in [0.25, 0.3) is 0 Å². The Morgan fingerprint density at radius 2 is 2.06 bits per heavy atom. The predicted molar refractivity (Wildman–Crippen MR) is 61.7 cm³/mol. The molecule has 1 unspecified atom stereocenters. The van der Waals surface area contributed by atoms with E-state index in [9.17, 15) is 4.79 Å². The molecule has 0 fully saturated rings. The van der Waals surface area contributed by atoms with Crippen molar-refractivity contribution in [3.05, 3.63) is 23.8 Å². The lowest BCUT2D eigenvalue weighted by molar-refractivity contribution is 0.0696. The zero-order valence-corrected chi connectivity index (χ0v) is 9.84. The molecule has 0 amide bonds. The number of ether oxygens (including phenoxy) is 2. The molecule has 0 saturated carbocycles. The summed E-state index contributed by atoms with van der Waals surface area (Å²) in [6.45, 7) is 3.94. The van der Waals surface area contributed by atoms with Crippen LogP contribution in [0.3, 0.4) is 0 Å². The van der Waals surface area contributed by atoms with Crippen LogP contribution in [-0.2, 0) is 0 Å². The fraction of sp³-hybridized carbons (Fsp3) is 0.417. The van der Waals surface area contributed by atoms with E-state index in [4.69, 9.17) is 19.7 Å². The molecular weight excluding hydrogens is 224 g/mol. The second kappa shape index (κ2) is 6.10. The van der Waals surface area contributed by atoms with E-state index in [1.807, 2.05) is 0 Å². The van der Waals surface area contributed by atoms with Gasteiger partial charge in [-0.1, -0.05) is 0 Å². The molecule has 0 radical (unpaired) electrons. The molecule has 0 aliphatic carbocycles. The summed E-state index contributed by atoms with van der Waals surface area (Å²) in [7, 11) is 0. The van der Waals surface area contributed by atoms with E-state index in [1.165, 1.54) is 18.2 Å². The van der Waals surface area contributed by atoms with Gasteiger partial charge in [-0.05, 0) is 32.0 Å². The molecule has 1 rings (SSSR count). The zero-order valence-electron chi connectivity index (χ0n) is 9.84. The topological polar surface area (TPSA) is 76.0 Å². The van der Waals surface area contributed by atoms with Crippen LogP contribution in [0.15, 0.2) is 18.2 Å². The van der Waals surface area contributed by atoms with E-state index in [0.29, 0.717) is 18.1 Å². The van der Waals surface area contributed by atoms with Gasteiger partial charge in [-0.25, -0.2) is 4.79 Å². The van der Waals surface area contributed by atoms with Crippen LogP contribution in [-0.4, -0.2) is 35.5 Å². The Kier molecular flexibility index (Phi) is 4.78. The van der Waals surface area contributed by atoms with Crippen molar-refractivity contribution in [3.63, 3.8) is 0 Å². The Morgan fingerprint density at radius 3 is 2.59 bits per heavy atom. The second-order valence-corrected chi connectivity index (χ2v) is 3.56. The van der Waals surface area contributed by atoms with Crippen LogP contribution < -0.4 is 9.47 Å². The van der Waals surface area contributed by atoms with Gasteiger partial charge >= 0.3 is 5.97 Å². The molecule has 1 aromatic carbocycles. The summed E-state index contributed by atoms with van der Waals surface area (Å²) in [6, 6.07) is 4.36. The Labute approximate surface area is 99.6 Å². The molecular formula is C12H16O5. The third-order valence-corrected chi connectivity index (χ3v) is 1.97. The lowest BCUT2D eigenvalue weighted by atomic mass is 10.2. The molecule has 94 valence electrons. The summed E-state index contributed by atoms with van der Waals surface area (Å²) in [5, 5.41) is 18.0. The highest BCUT2D eigenvalue weighted by atomic mass is 16.5. The fourth-order valence-corrected chi connectivity index (χ4v) is 1.24. The molecule has 0 aromatic heterocycles. The van der Waals surface area contributed by atoms with Crippen molar-refractivity contribution >= 4 is 5.97 Å². The van der Waals surface area contributed by atoms with Gasteiger partial charge in [0.05, 0.1) is 18.3 Å². The minimum atomic E-state index is -1.02. The van der Waals surface area contributed by atoms with Crippen molar-refractivity contribution in [1.82, 2.24) is 0 Å². The molecule has 0 bridgehead atoms.